The van der Waals surface area contributed by atoms with Gasteiger partial charge in [-0.2, -0.15) is 0 Å². The summed E-state index contributed by atoms with van der Waals surface area (Å²) in [5.41, 5.74) is 1.09. The average Bonchev–Trinajstić information content (AvgIpc) is 2.08. The van der Waals surface area contributed by atoms with E-state index in [2.05, 4.69) is 5.16 Å². The molecule has 0 atom stereocenters. The molecular weight excluding hydrogens is 197 g/mol. The Morgan fingerprint density at radius 2 is 2.08 bits per heavy atom. The zero-order chi connectivity index (χ0) is 9.14. The SMILES string of the molecule is CC(=NO)c1cc(Cl)ccc1Cl. The molecule has 64 valence electrons. The summed E-state index contributed by atoms with van der Waals surface area (Å²) in [7, 11) is 0. The van der Waals surface area contributed by atoms with E-state index >= 15 is 0 Å². The van der Waals surface area contributed by atoms with Gasteiger partial charge in [-0.3, -0.25) is 0 Å². The molecule has 0 saturated heterocycles. The van der Waals surface area contributed by atoms with Crippen molar-refractivity contribution in [2.24, 2.45) is 5.16 Å². The summed E-state index contributed by atoms with van der Waals surface area (Å²) in [5, 5.41) is 12.6. The number of rotatable bonds is 1. The van der Waals surface area contributed by atoms with E-state index in [1.54, 1.807) is 25.1 Å². The van der Waals surface area contributed by atoms with Crippen LogP contribution in [0.15, 0.2) is 23.4 Å². The molecule has 0 heterocycles. The van der Waals surface area contributed by atoms with Crippen molar-refractivity contribution in [1.29, 1.82) is 0 Å². The maximum atomic E-state index is 8.49. The van der Waals surface area contributed by atoms with Crippen LogP contribution in [0.3, 0.4) is 0 Å². The van der Waals surface area contributed by atoms with Gasteiger partial charge in [0.15, 0.2) is 0 Å². The van der Waals surface area contributed by atoms with Crippen LogP contribution in [0, 0.1) is 0 Å². The van der Waals surface area contributed by atoms with Gasteiger partial charge in [-0.15, -0.1) is 0 Å². The molecule has 0 aromatic heterocycles. The standard InChI is InChI=1S/C8H7Cl2NO/c1-5(11-12)7-4-6(9)2-3-8(7)10/h2-4,12H,1H3. The summed E-state index contributed by atoms with van der Waals surface area (Å²) in [6.07, 6.45) is 0. The molecule has 0 bridgehead atoms. The highest BCUT2D eigenvalue weighted by Gasteiger charge is 2.04. The maximum absolute atomic E-state index is 8.49. The zero-order valence-electron chi connectivity index (χ0n) is 6.38. The van der Waals surface area contributed by atoms with Crippen molar-refractivity contribution in [3.05, 3.63) is 33.8 Å². The molecule has 0 aliphatic heterocycles. The second-order valence-corrected chi connectivity index (χ2v) is 3.15. The van der Waals surface area contributed by atoms with Crippen LogP contribution in [-0.2, 0) is 0 Å². The Morgan fingerprint density at radius 3 is 2.67 bits per heavy atom. The molecule has 1 aromatic carbocycles. The lowest BCUT2D eigenvalue weighted by Crippen LogP contribution is -1.95. The largest absolute Gasteiger partial charge is 0.411 e. The lowest BCUT2D eigenvalue weighted by molar-refractivity contribution is 0.319. The van der Waals surface area contributed by atoms with Gasteiger partial charge in [0.2, 0.25) is 0 Å². The molecule has 0 radical (unpaired) electrons. The van der Waals surface area contributed by atoms with Gasteiger partial charge in [-0.1, -0.05) is 28.4 Å². The Bertz CT molecular complexity index is 323. The van der Waals surface area contributed by atoms with Crippen LogP contribution in [0.2, 0.25) is 10.0 Å². The van der Waals surface area contributed by atoms with Crippen molar-refractivity contribution in [2.45, 2.75) is 6.92 Å². The van der Waals surface area contributed by atoms with Gasteiger partial charge in [0.1, 0.15) is 0 Å². The summed E-state index contributed by atoms with van der Waals surface area (Å²) >= 11 is 11.5. The predicted octanol–water partition coefficient (Wildman–Crippen LogP) is 3.19. The van der Waals surface area contributed by atoms with Crippen LogP contribution in [-0.4, -0.2) is 10.9 Å². The van der Waals surface area contributed by atoms with Gasteiger partial charge in [0, 0.05) is 15.6 Å². The van der Waals surface area contributed by atoms with Gasteiger partial charge in [0.25, 0.3) is 0 Å². The fraction of sp³-hybridized carbons (Fsp3) is 0.125. The highest BCUT2D eigenvalue weighted by molar-refractivity contribution is 6.36. The normalized spacial score (nSPS) is 11.8. The fourth-order valence-electron chi connectivity index (χ4n) is 0.829. The van der Waals surface area contributed by atoms with Gasteiger partial charge in [0.05, 0.1) is 5.71 Å². The number of halogens is 2. The molecule has 2 nitrogen and oxygen atoms in total. The average molecular weight is 204 g/mol. The second-order valence-electron chi connectivity index (χ2n) is 2.31. The highest BCUT2D eigenvalue weighted by Crippen LogP contribution is 2.20. The third-order valence-corrected chi connectivity index (χ3v) is 2.03. The predicted molar refractivity (Wildman–Crippen MR) is 50.5 cm³/mol. The number of benzene rings is 1. The van der Waals surface area contributed by atoms with Crippen LogP contribution < -0.4 is 0 Å². The quantitative estimate of drug-likeness (QED) is 0.425. The lowest BCUT2D eigenvalue weighted by Gasteiger charge is -2.01. The van der Waals surface area contributed by atoms with E-state index in [9.17, 15) is 0 Å². The molecule has 1 rings (SSSR count). The lowest BCUT2D eigenvalue weighted by atomic mass is 10.1. The number of oxime groups is 1. The van der Waals surface area contributed by atoms with Crippen LogP contribution in [0.1, 0.15) is 12.5 Å². The van der Waals surface area contributed by atoms with Crippen LogP contribution >= 0.6 is 23.2 Å². The Labute approximate surface area is 80.4 Å². The molecule has 0 aliphatic carbocycles. The molecule has 0 unspecified atom stereocenters. The molecule has 0 aliphatic rings. The molecule has 0 fully saturated rings. The first-order valence-corrected chi connectivity index (χ1v) is 4.05. The number of hydrogen-bond donors (Lipinski definition) is 1. The monoisotopic (exact) mass is 203 g/mol. The summed E-state index contributed by atoms with van der Waals surface area (Å²) in [5.74, 6) is 0. The third-order valence-electron chi connectivity index (χ3n) is 1.47. The molecule has 0 spiro atoms. The second kappa shape index (κ2) is 3.78. The summed E-state index contributed by atoms with van der Waals surface area (Å²) in [4.78, 5) is 0. The van der Waals surface area contributed by atoms with E-state index in [4.69, 9.17) is 28.4 Å². The Morgan fingerprint density at radius 1 is 1.42 bits per heavy atom. The van der Waals surface area contributed by atoms with Gasteiger partial charge in [-0.05, 0) is 25.1 Å². The zero-order valence-corrected chi connectivity index (χ0v) is 7.89. The van der Waals surface area contributed by atoms with Crippen molar-refractivity contribution >= 4 is 28.9 Å². The molecular formula is C8H7Cl2NO. The molecule has 4 heteroatoms. The van der Waals surface area contributed by atoms with Crippen molar-refractivity contribution < 1.29 is 5.21 Å². The molecule has 0 saturated carbocycles. The molecule has 1 aromatic rings. The van der Waals surface area contributed by atoms with Crippen molar-refractivity contribution in [2.75, 3.05) is 0 Å². The first-order valence-electron chi connectivity index (χ1n) is 3.29. The number of nitrogens with zero attached hydrogens (tertiary/aromatic N) is 1. The van der Waals surface area contributed by atoms with Crippen molar-refractivity contribution in [1.82, 2.24) is 0 Å². The van der Waals surface area contributed by atoms with Crippen LogP contribution in [0.4, 0.5) is 0 Å². The Kier molecular flexibility index (Phi) is 2.95. The van der Waals surface area contributed by atoms with E-state index in [-0.39, 0.29) is 0 Å². The van der Waals surface area contributed by atoms with E-state index in [0.29, 0.717) is 21.3 Å². The van der Waals surface area contributed by atoms with Gasteiger partial charge in [-0.25, -0.2) is 0 Å². The van der Waals surface area contributed by atoms with Crippen LogP contribution in [0.5, 0.6) is 0 Å². The van der Waals surface area contributed by atoms with E-state index < -0.39 is 0 Å². The van der Waals surface area contributed by atoms with E-state index in [1.165, 1.54) is 0 Å². The minimum absolute atomic E-state index is 0.447. The minimum Gasteiger partial charge on any atom is -0.411 e. The minimum atomic E-state index is 0.447. The Balaban J connectivity index is 3.23. The first-order chi connectivity index (χ1) is 5.65. The smallest absolute Gasteiger partial charge is 0.0852 e. The highest BCUT2D eigenvalue weighted by atomic mass is 35.5. The summed E-state index contributed by atoms with van der Waals surface area (Å²) in [6, 6.07) is 4.99. The topological polar surface area (TPSA) is 32.6 Å². The summed E-state index contributed by atoms with van der Waals surface area (Å²) in [6.45, 7) is 1.65. The first kappa shape index (κ1) is 9.36. The Hall–Kier alpha value is -0.730. The van der Waals surface area contributed by atoms with E-state index in [1.807, 2.05) is 0 Å². The van der Waals surface area contributed by atoms with Crippen LogP contribution in [0.25, 0.3) is 0 Å². The van der Waals surface area contributed by atoms with Gasteiger partial charge < -0.3 is 5.21 Å². The third kappa shape index (κ3) is 1.90. The van der Waals surface area contributed by atoms with Crippen molar-refractivity contribution in [3.63, 3.8) is 0 Å². The number of hydrogen-bond acceptors (Lipinski definition) is 2. The van der Waals surface area contributed by atoms with E-state index in [0.717, 1.165) is 0 Å². The summed E-state index contributed by atoms with van der Waals surface area (Å²) < 4.78 is 0. The molecule has 12 heavy (non-hydrogen) atoms. The molecule has 0 amide bonds. The fourth-order valence-corrected chi connectivity index (χ4v) is 1.26. The van der Waals surface area contributed by atoms with Gasteiger partial charge >= 0.3 is 0 Å². The maximum Gasteiger partial charge on any atom is 0.0852 e. The van der Waals surface area contributed by atoms with Crippen molar-refractivity contribution in [3.8, 4) is 0 Å². The molecule has 1 N–H and O–H groups in total.